The first kappa shape index (κ1) is 20.5. The van der Waals surface area contributed by atoms with E-state index in [1.807, 2.05) is 20.8 Å². The van der Waals surface area contributed by atoms with Gasteiger partial charge in [-0.05, 0) is 46.5 Å². The second kappa shape index (κ2) is 7.46. The monoisotopic (exact) mass is 403 g/mol. The molecule has 6 nitrogen and oxygen atoms in total. The number of ether oxygens (including phenoxy) is 3. The van der Waals surface area contributed by atoms with Crippen LogP contribution >= 0.6 is 0 Å². The zero-order chi connectivity index (χ0) is 20.8. The van der Waals surface area contributed by atoms with Crippen molar-refractivity contribution in [3.63, 3.8) is 0 Å². The van der Waals surface area contributed by atoms with Crippen molar-refractivity contribution in [3.05, 3.63) is 23.0 Å². The van der Waals surface area contributed by atoms with E-state index in [9.17, 15) is 9.90 Å². The molecule has 0 amide bonds. The van der Waals surface area contributed by atoms with Gasteiger partial charge in [0.25, 0.3) is 0 Å². The van der Waals surface area contributed by atoms with E-state index in [0.29, 0.717) is 25.2 Å². The fourth-order valence-corrected chi connectivity index (χ4v) is 5.41. The molecular weight excluding hydrogens is 370 g/mol. The second-order valence-electron chi connectivity index (χ2n) is 9.73. The summed E-state index contributed by atoms with van der Waals surface area (Å²) in [6, 6.07) is -0.123. The summed E-state index contributed by atoms with van der Waals surface area (Å²) in [7, 11) is 1.63. The molecule has 2 aliphatic heterocycles. The third-order valence-electron chi connectivity index (χ3n) is 6.41. The molecule has 4 aliphatic rings. The van der Waals surface area contributed by atoms with E-state index in [-0.39, 0.29) is 30.0 Å². The van der Waals surface area contributed by atoms with E-state index >= 15 is 0 Å². The summed E-state index contributed by atoms with van der Waals surface area (Å²) in [5.74, 6) is 1.29. The highest BCUT2D eigenvalue weighted by Gasteiger charge is 2.55. The SMILES string of the molecule is COC1=NC2C[C@@H](O)CC3=C2C2(C=C1CCC(=O)OC(C)(C)C)CCCCC2O3. The Hall–Kier alpha value is -1.82. The normalized spacial score (nSPS) is 33.6. The number of hydrogen-bond acceptors (Lipinski definition) is 6. The van der Waals surface area contributed by atoms with E-state index in [2.05, 4.69) is 6.08 Å². The molecule has 29 heavy (non-hydrogen) atoms. The Labute approximate surface area is 173 Å². The molecule has 0 radical (unpaired) electrons. The van der Waals surface area contributed by atoms with Gasteiger partial charge in [-0.2, -0.15) is 0 Å². The molecule has 4 rings (SSSR count). The van der Waals surface area contributed by atoms with Gasteiger partial charge in [-0.15, -0.1) is 0 Å². The lowest BCUT2D eigenvalue weighted by molar-refractivity contribution is -0.154. The maximum Gasteiger partial charge on any atom is 0.306 e. The Morgan fingerprint density at radius 2 is 2.17 bits per heavy atom. The van der Waals surface area contributed by atoms with E-state index in [1.165, 1.54) is 5.57 Å². The Bertz CT molecular complexity index is 775. The summed E-state index contributed by atoms with van der Waals surface area (Å²) in [6.07, 6.45) is 8.23. The number of aliphatic hydroxyl groups excluding tert-OH is 1. The molecule has 4 atom stereocenters. The number of rotatable bonds is 3. The molecule has 0 aromatic carbocycles. The highest BCUT2D eigenvalue weighted by Crippen LogP contribution is 2.57. The Balaban J connectivity index is 1.68. The smallest absolute Gasteiger partial charge is 0.306 e. The van der Waals surface area contributed by atoms with Crippen molar-refractivity contribution in [3.8, 4) is 0 Å². The topological polar surface area (TPSA) is 77.4 Å². The third kappa shape index (κ3) is 3.83. The lowest BCUT2D eigenvalue weighted by Crippen LogP contribution is -2.39. The van der Waals surface area contributed by atoms with Gasteiger partial charge in [0.15, 0.2) is 0 Å². The number of nitrogens with zero attached hydrogens (tertiary/aromatic N) is 1. The molecule has 2 heterocycles. The van der Waals surface area contributed by atoms with Gasteiger partial charge in [0.2, 0.25) is 5.90 Å². The van der Waals surface area contributed by atoms with Crippen LogP contribution in [0.15, 0.2) is 28.0 Å². The van der Waals surface area contributed by atoms with Crippen LogP contribution in [0.4, 0.5) is 0 Å². The first-order valence-corrected chi connectivity index (χ1v) is 10.9. The van der Waals surface area contributed by atoms with Gasteiger partial charge < -0.3 is 19.3 Å². The molecule has 2 aliphatic carbocycles. The molecule has 6 heteroatoms. The van der Waals surface area contributed by atoms with Crippen LogP contribution in [-0.2, 0) is 19.0 Å². The van der Waals surface area contributed by atoms with Crippen molar-refractivity contribution in [2.45, 2.75) is 96.0 Å². The Morgan fingerprint density at radius 3 is 2.90 bits per heavy atom. The predicted molar refractivity (Wildman–Crippen MR) is 109 cm³/mol. The molecule has 0 aromatic heterocycles. The quantitative estimate of drug-likeness (QED) is 0.725. The zero-order valence-electron chi connectivity index (χ0n) is 18.0. The van der Waals surface area contributed by atoms with Gasteiger partial charge in [-0.3, -0.25) is 4.79 Å². The van der Waals surface area contributed by atoms with Crippen LogP contribution in [0.25, 0.3) is 0 Å². The zero-order valence-corrected chi connectivity index (χ0v) is 18.0. The fourth-order valence-electron chi connectivity index (χ4n) is 5.41. The molecule has 0 saturated heterocycles. The third-order valence-corrected chi connectivity index (χ3v) is 6.41. The molecular formula is C23H33NO5. The molecule has 3 unspecified atom stereocenters. The average Bonchev–Trinajstić information content (AvgIpc) is 2.88. The summed E-state index contributed by atoms with van der Waals surface area (Å²) >= 11 is 0. The summed E-state index contributed by atoms with van der Waals surface area (Å²) in [5.41, 5.74) is 1.51. The Morgan fingerprint density at radius 1 is 1.38 bits per heavy atom. The van der Waals surface area contributed by atoms with Gasteiger partial charge in [0.05, 0.1) is 24.7 Å². The second-order valence-corrected chi connectivity index (χ2v) is 9.73. The minimum atomic E-state index is -0.496. The lowest BCUT2D eigenvalue weighted by atomic mass is 9.64. The predicted octanol–water partition coefficient (Wildman–Crippen LogP) is 3.83. The van der Waals surface area contributed by atoms with Crippen LogP contribution in [0.2, 0.25) is 0 Å². The summed E-state index contributed by atoms with van der Waals surface area (Å²) in [6.45, 7) is 5.63. The van der Waals surface area contributed by atoms with Crippen molar-refractivity contribution in [2.24, 2.45) is 10.4 Å². The minimum Gasteiger partial charge on any atom is -0.493 e. The number of aliphatic hydroxyl groups is 1. The van der Waals surface area contributed by atoms with Crippen LogP contribution in [0, 0.1) is 5.41 Å². The van der Waals surface area contributed by atoms with E-state index in [1.54, 1.807) is 7.11 Å². The van der Waals surface area contributed by atoms with Crippen LogP contribution in [0.3, 0.4) is 0 Å². The number of methoxy groups -OCH3 is 1. The van der Waals surface area contributed by atoms with Crippen molar-refractivity contribution >= 4 is 11.9 Å². The van der Waals surface area contributed by atoms with Crippen molar-refractivity contribution in [2.75, 3.05) is 7.11 Å². The average molecular weight is 404 g/mol. The van der Waals surface area contributed by atoms with Crippen LogP contribution < -0.4 is 0 Å². The number of esters is 1. The summed E-state index contributed by atoms with van der Waals surface area (Å²) in [4.78, 5) is 17.2. The molecule has 0 bridgehead atoms. The summed E-state index contributed by atoms with van der Waals surface area (Å²) < 4.78 is 17.5. The molecule has 0 aromatic rings. The number of hydrogen-bond donors (Lipinski definition) is 1. The standard InChI is InChI=1S/C23H33NO5/c1-22(2,3)29-19(26)9-8-14-13-23-10-6-5-7-18(23)28-17-12-15(25)11-16(20(17)23)24-21(14)27-4/h13,15-16,18,25H,5-12H2,1-4H3/t15-,16?,18?,23?/m1/s1. The van der Waals surface area contributed by atoms with Crippen molar-refractivity contribution in [1.29, 1.82) is 0 Å². The van der Waals surface area contributed by atoms with Gasteiger partial charge >= 0.3 is 5.97 Å². The van der Waals surface area contributed by atoms with Crippen LogP contribution in [-0.4, -0.2) is 47.9 Å². The van der Waals surface area contributed by atoms with Crippen LogP contribution in [0.5, 0.6) is 0 Å². The fraction of sp³-hybridized carbons (Fsp3) is 0.739. The molecule has 1 N–H and O–H groups in total. The highest BCUT2D eigenvalue weighted by molar-refractivity contribution is 5.95. The molecule has 160 valence electrons. The van der Waals surface area contributed by atoms with E-state index in [4.69, 9.17) is 19.2 Å². The maximum absolute atomic E-state index is 12.3. The van der Waals surface area contributed by atoms with Gasteiger partial charge in [0, 0.05) is 30.4 Å². The summed E-state index contributed by atoms with van der Waals surface area (Å²) in [5, 5.41) is 10.4. The van der Waals surface area contributed by atoms with Gasteiger partial charge in [0.1, 0.15) is 17.5 Å². The number of carbonyl (C=O) groups is 1. The number of aliphatic imine (C=N–C) groups is 1. The molecule has 1 fully saturated rings. The number of carbonyl (C=O) groups excluding carboxylic acids is 1. The first-order valence-electron chi connectivity index (χ1n) is 10.9. The molecule has 1 spiro atoms. The van der Waals surface area contributed by atoms with Crippen molar-refractivity contribution in [1.82, 2.24) is 0 Å². The van der Waals surface area contributed by atoms with Gasteiger partial charge in [-0.25, -0.2) is 4.99 Å². The highest BCUT2D eigenvalue weighted by atomic mass is 16.6. The minimum absolute atomic E-state index is 0.0944. The van der Waals surface area contributed by atoms with Crippen molar-refractivity contribution < 1.29 is 24.1 Å². The van der Waals surface area contributed by atoms with E-state index in [0.717, 1.165) is 37.0 Å². The largest absolute Gasteiger partial charge is 0.493 e. The molecule has 1 saturated carbocycles. The first-order chi connectivity index (χ1) is 13.7. The van der Waals surface area contributed by atoms with Crippen LogP contribution in [0.1, 0.15) is 72.1 Å². The van der Waals surface area contributed by atoms with E-state index < -0.39 is 11.7 Å². The maximum atomic E-state index is 12.3. The Kier molecular flexibility index (Phi) is 5.26. The van der Waals surface area contributed by atoms with Gasteiger partial charge in [-0.1, -0.05) is 12.5 Å². The lowest BCUT2D eigenvalue weighted by Gasteiger charge is -2.39.